The van der Waals surface area contributed by atoms with Gasteiger partial charge >= 0.3 is 0 Å². The second-order valence-corrected chi connectivity index (χ2v) is 5.96. The largest absolute Gasteiger partial charge is 0.348 e. The fraction of sp³-hybridized carbons (Fsp3) is 0.350. The van der Waals surface area contributed by atoms with Gasteiger partial charge in [-0.1, -0.05) is 31.6 Å². The minimum absolute atomic E-state index is 0.248. The van der Waals surface area contributed by atoms with Crippen LogP contribution in [0.5, 0.6) is 0 Å². The first-order valence-corrected chi connectivity index (χ1v) is 8.38. The molecule has 1 saturated heterocycles. The summed E-state index contributed by atoms with van der Waals surface area (Å²) in [6, 6.07) is 10.2. The summed E-state index contributed by atoms with van der Waals surface area (Å²) < 4.78 is 24.6. The van der Waals surface area contributed by atoms with E-state index in [1.807, 2.05) is 12.1 Å². The summed E-state index contributed by atoms with van der Waals surface area (Å²) in [5, 5.41) is 0. The molecular formula is C20H22FNO2. The minimum Gasteiger partial charge on any atom is -0.348 e. The molecule has 0 aliphatic carbocycles. The standard InChI is InChI=1S/C20H22FNO2/c1-2-3-4-5-15-13-23-20(24-14-15)17-8-11-19(22-12-17)16-6-9-18(21)10-7-16/h4-12,15,20H,2-3,13-14H2,1H3/b5-4+/t15-,20-. The van der Waals surface area contributed by atoms with Crippen LogP contribution >= 0.6 is 0 Å². The Kier molecular flexibility index (Phi) is 5.72. The molecule has 24 heavy (non-hydrogen) atoms. The van der Waals surface area contributed by atoms with Crippen LogP contribution in [0.3, 0.4) is 0 Å². The fourth-order valence-electron chi connectivity index (χ4n) is 2.61. The predicted octanol–water partition coefficient (Wildman–Crippen LogP) is 4.91. The van der Waals surface area contributed by atoms with Gasteiger partial charge in [-0.3, -0.25) is 4.98 Å². The quantitative estimate of drug-likeness (QED) is 0.732. The van der Waals surface area contributed by atoms with Crippen LogP contribution in [0.1, 0.15) is 31.6 Å². The van der Waals surface area contributed by atoms with E-state index >= 15 is 0 Å². The molecule has 1 aromatic heterocycles. The van der Waals surface area contributed by atoms with E-state index in [4.69, 9.17) is 9.47 Å². The van der Waals surface area contributed by atoms with Gasteiger partial charge in [0.25, 0.3) is 0 Å². The van der Waals surface area contributed by atoms with E-state index in [0.29, 0.717) is 19.1 Å². The zero-order chi connectivity index (χ0) is 16.8. The molecule has 0 radical (unpaired) electrons. The summed E-state index contributed by atoms with van der Waals surface area (Å²) in [6.45, 7) is 3.48. The van der Waals surface area contributed by atoms with Gasteiger partial charge in [0.2, 0.25) is 0 Å². The van der Waals surface area contributed by atoms with Gasteiger partial charge in [0.05, 0.1) is 18.9 Å². The Balaban J connectivity index is 1.59. The Bertz CT molecular complexity index is 659. The van der Waals surface area contributed by atoms with Crippen molar-refractivity contribution in [3.05, 3.63) is 66.1 Å². The number of nitrogens with zero attached hydrogens (tertiary/aromatic N) is 1. The van der Waals surface area contributed by atoms with Gasteiger partial charge in [-0.15, -0.1) is 0 Å². The van der Waals surface area contributed by atoms with Crippen LogP contribution in [-0.2, 0) is 9.47 Å². The molecule has 3 rings (SSSR count). The number of allylic oxidation sites excluding steroid dienone is 1. The third-order valence-corrected chi connectivity index (χ3v) is 3.99. The number of halogens is 1. The first-order chi connectivity index (χ1) is 11.8. The number of benzene rings is 1. The molecule has 1 aliphatic heterocycles. The second kappa shape index (κ2) is 8.18. The number of unbranched alkanes of at least 4 members (excludes halogenated alkanes) is 1. The Morgan fingerprint density at radius 3 is 2.50 bits per heavy atom. The number of hydrogen-bond donors (Lipinski definition) is 0. The maximum absolute atomic E-state index is 13.0. The lowest BCUT2D eigenvalue weighted by Crippen LogP contribution is -2.25. The molecule has 1 aromatic carbocycles. The topological polar surface area (TPSA) is 31.4 Å². The molecule has 126 valence electrons. The van der Waals surface area contributed by atoms with E-state index in [1.54, 1.807) is 18.3 Å². The molecule has 0 unspecified atom stereocenters. The van der Waals surface area contributed by atoms with Crippen LogP contribution in [-0.4, -0.2) is 18.2 Å². The third-order valence-electron chi connectivity index (χ3n) is 3.99. The van der Waals surface area contributed by atoms with Gasteiger partial charge < -0.3 is 9.47 Å². The van der Waals surface area contributed by atoms with E-state index in [-0.39, 0.29) is 12.1 Å². The Labute approximate surface area is 142 Å². The van der Waals surface area contributed by atoms with Crippen molar-refractivity contribution in [3.8, 4) is 11.3 Å². The number of aromatic nitrogens is 1. The molecule has 1 fully saturated rings. The van der Waals surface area contributed by atoms with E-state index in [9.17, 15) is 4.39 Å². The minimum atomic E-state index is -0.365. The highest BCUT2D eigenvalue weighted by Crippen LogP contribution is 2.26. The van der Waals surface area contributed by atoms with E-state index < -0.39 is 0 Å². The molecule has 0 N–H and O–H groups in total. The van der Waals surface area contributed by atoms with Gasteiger partial charge in [-0.05, 0) is 36.8 Å². The van der Waals surface area contributed by atoms with E-state index in [2.05, 4.69) is 24.1 Å². The molecule has 4 heteroatoms. The van der Waals surface area contributed by atoms with Crippen LogP contribution in [0.4, 0.5) is 4.39 Å². The molecule has 1 aliphatic rings. The number of ether oxygens (including phenoxy) is 2. The number of rotatable bonds is 5. The van der Waals surface area contributed by atoms with Crippen molar-refractivity contribution in [2.75, 3.05) is 13.2 Å². The highest BCUT2D eigenvalue weighted by atomic mass is 19.1. The molecule has 2 heterocycles. The van der Waals surface area contributed by atoms with Gasteiger partial charge in [0, 0.05) is 23.2 Å². The van der Waals surface area contributed by atoms with Crippen molar-refractivity contribution >= 4 is 0 Å². The molecule has 0 saturated carbocycles. The van der Waals surface area contributed by atoms with Crippen molar-refractivity contribution < 1.29 is 13.9 Å². The Hall–Kier alpha value is -2.04. The molecule has 0 amide bonds. The van der Waals surface area contributed by atoms with Crippen LogP contribution in [0.25, 0.3) is 11.3 Å². The summed E-state index contributed by atoms with van der Waals surface area (Å²) in [4.78, 5) is 4.44. The molecular weight excluding hydrogens is 305 g/mol. The van der Waals surface area contributed by atoms with Crippen molar-refractivity contribution in [3.63, 3.8) is 0 Å². The van der Waals surface area contributed by atoms with E-state index in [0.717, 1.165) is 29.7 Å². The molecule has 0 spiro atoms. The first kappa shape index (κ1) is 16.8. The lowest BCUT2D eigenvalue weighted by atomic mass is 10.1. The van der Waals surface area contributed by atoms with Crippen molar-refractivity contribution in [2.45, 2.75) is 26.1 Å². The first-order valence-electron chi connectivity index (χ1n) is 8.38. The normalized spacial score (nSPS) is 21.2. The maximum Gasteiger partial charge on any atom is 0.185 e. The van der Waals surface area contributed by atoms with E-state index in [1.165, 1.54) is 12.1 Å². The molecule has 2 aromatic rings. The SMILES string of the molecule is CCC/C=C/[C@H]1CO[C@H](c2ccc(-c3ccc(F)cc3)nc2)OC1. The fourth-order valence-corrected chi connectivity index (χ4v) is 2.61. The highest BCUT2D eigenvalue weighted by molar-refractivity contribution is 5.58. The number of pyridine rings is 1. The van der Waals surface area contributed by atoms with Crippen molar-refractivity contribution in [2.24, 2.45) is 5.92 Å². The third kappa shape index (κ3) is 4.28. The molecule has 0 atom stereocenters. The lowest BCUT2D eigenvalue weighted by molar-refractivity contribution is -0.197. The summed E-state index contributed by atoms with van der Waals surface area (Å²) in [5.74, 6) is 0.0705. The summed E-state index contributed by atoms with van der Waals surface area (Å²) in [7, 11) is 0. The average molecular weight is 327 g/mol. The highest BCUT2D eigenvalue weighted by Gasteiger charge is 2.22. The maximum atomic E-state index is 13.0. The zero-order valence-electron chi connectivity index (χ0n) is 13.8. The predicted molar refractivity (Wildman–Crippen MR) is 91.8 cm³/mol. The van der Waals surface area contributed by atoms with Crippen LogP contribution in [0.2, 0.25) is 0 Å². The average Bonchev–Trinajstić information content (AvgIpc) is 2.63. The smallest absolute Gasteiger partial charge is 0.185 e. The lowest BCUT2D eigenvalue weighted by Gasteiger charge is -2.28. The Morgan fingerprint density at radius 1 is 1.12 bits per heavy atom. The summed E-state index contributed by atoms with van der Waals surface area (Å²) in [5.41, 5.74) is 2.58. The number of hydrogen-bond acceptors (Lipinski definition) is 3. The Morgan fingerprint density at radius 2 is 1.88 bits per heavy atom. The van der Waals surface area contributed by atoms with Crippen LogP contribution in [0.15, 0.2) is 54.7 Å². The van der Waals surface area contributed by atoms with Gasteiger partial charge in [-0.2, -0.15) is 0 Å². The second-order valence-electron chi connectivity index (χ2n) is 5.96. The summed E-state index contributed by atoms with van der Waals surface area (Å²) in [6.07, 6.45) is 8.01. The van der Waals surface area contributed by atoms with Crippen LogP contribution in [0, 0.1) is 11.7 Å². The van der Waals surface area contributed by atoms with Crippen molar-refractivity contribution in [1.82, 2.24) is 4.98 Å². The monoisotopic (exact) mass is 327 g/mol. The van der Waals surface area contributed by atoms with Crippen LogP contribution < -0.4 is 0 Å². The zero-order valence-corrected chi connectivity index (χ0v) is 13.8. The molecule has 0 bridgehead atoms. The van der Waals surface area contributed by atoms with Crippen molar-refractivity contribution in [1.29, 1.82) is 0 Å². The molecule has 3 nitrogen and oxygen atoms in total. The summed E-state index contributed by atoms with van der Waals surface area (Å²) >= 11 is 0. The van der Waals surface area contributed by atoms with Gasteiger partial charge in [-0.25, -0.2) is 4.39 Å². The van der Waals surface area contributed by atoms with Gasteiger partial charge in [0.1, 0.15) is 5.82 Å². The van der Waals surface area contributed by atoms with Gasteiger partial charge in [0.15, 0.2) is 6.29 Å².